The maximum Gasteiger partial charge on any atom is 0.124 e. The molecule has 0 aliphatic rings. The van der Waals surface area contributed by atoms with E-state index >= 15 is 0 Å². The van der Waals surface area contributed by atoms with Crippen LogP contribution in [0.3, 0.4) is 0 Å². The van der Waals surface area contributed by atoms with E-state index in [1.807, 2.05) is 12.1 Å². The first-order valence-corrected chi connectivity index (χ1v) is 5.59. The fourth-order valence-corrected chi connectivity index (χ4v) is 1.84. The van der Waals surface area contributed by atoms with Crippen LogP contribution in [-0.4, -0.2) is 15.6 Å². The lowest BCUT2D eigenvalue weighted by Crippen LogP contribution is -2.14. The highest BCUT2D eigenvalue weighted by Crippen LogP contribution is 2.21. The monoisotopic (exact) mass is 298 g/mol. The Hall–Kier alpha value is -1.33. The molecule has 6 heteroatoms. The number of nitrogens with two attached hydrogens (primary N) is 1. The van der Waals surface area contributed by atoms with Gasteiger partial charge < -0.3 is 5.73 Å². The van der Waals surface area contributed by atoms with Crippen molar-refractivity contribution in [3.05, 3.63) is 45.7 Å². The van der Waals surface area contributed by atoms with Crippen LogP contribution in [0.2, 0.25) is 5.02 Å². The number of rotatable bonds is 2. The molecule has 0 unspecified atom stereocenters. The molecule has 0 saturated heterocycles. The summed E-state index contributed by atoms with van der Waals surface area (Å²) in [6.45, 7) is 0. The first kappa shape index (κ1) is 11.2. The predicted octanol–water partition coefficient (Wildman–Crippen LogP) is 2.57. The summed E-state index contributed by atoms with van der Waals surface area (Å²) in [5.41, 5.74) is 6.83. The quantitative estimate of drug-likeness (QED) is 0.661. The molecule has 2 aromatic rings. The van der Waals surface area contributed by atoms with Crippen LogP contribution in [-0.2, 0) is 0 Å². The topological polar surface area (TPSA) is 67.7 Å². The lowest BCUT2D eigenvalue weighted by molar-refractivity contribution is 0.877. The van der Waals surface area contributed by atoms with E-state index in [1.54, 1.807) is 16.9 Å². The maximum atomic E-state index is 7.49. The number of hydrogen-bond donors (Lipinski definition) is 2. The van der Waals surface area contributed by atoms with Gasteiger partial charge in [0.15, 0.2) is 0 Å². The third-order valence-corrected chi connectivity index (χ3v) is 2.74. The number of nitrogens with one attached hydrogen (secondary N) is 1. The van der Waals surface area contributed by atoms with Crippen LogP contribution < -0.4 is 5.73 Å². The third kappa shape index (κ3) is 2.10. The summed E-state index contributed by atoms with van der Waals surface area (Å²) in [6.07, 6.45) is 3.20. The summed E-state index contributed by atoms with van der Waals surface area (Å²) in [4.78, 5) is 0. The smallest absolute Gasteiger partial charge is 0.124 e. The van der Waals surface area contributed by atoms with Crippen LogP contribution in [0.1, 0.15) is 5.56 Å². The minimum atomic E-state index is -0.00544. The minimum absolute atomic E-state index is 0.00544. The van der Waals surface area contributed by atoms with Crippen molar-refractivity contribution in [2.45, 2.75) is 0 Å². The van der Waals surface area contributed by atoms with E-state index in [-0.39, 0.29) is 5.84 Å². The SMILES string of the molecule is N=C(N)c1ccc(Br)cc1-n1cc(Cl)cn1. The molecule has 0 bridgehead atoms. The van der Waals surface area contributed by atoms with Crippen LogP contribution >= 0.6 is 27.5 Å². The summed E-state index contributed by atoms with van der Waals surface area (Å²) in [6, 6.07) is 5.42. The molecule has 16 heavy (non-hydrogen) atoms. The molecule has 0 amide bonds. The summed E-state index contributed by atoms with van der Waals surface area (Å²) >= 11 is 9.17. The second kappa shape index (κ2) is 4.27. The highest BCUT2D eigenvalue weighted by atomic mass is 79.9. The first-order valence-electron chi connectivity index (χ1n) is 4.42. The molecular weight excluding hydrogens is 291 g/mol. The van der Waals surface area contributed by atoms with Gasteiger partial charge in [0.05, 0.1) is 16.9 Å². The van der Waals surface area contributed by atoms with Gasteiger partial charge in [-0.15, -0.1) is 0 Å². The largest absolute Gasteiger partial charge is 0.384 e. The standard InChI is InChI=1S/C10H8BrClN4/c11-6-1-2-8(10(13)14)9(3-6)16-5-7(12)4-15-16/h1-5H,(H3,13,14). The van der Waals surface area contributed by atoms with Crippen molar-refractivity contribution in [1.29, 1.82) is 5.41 Å². The highest BCUT2D eigenvalue weighted by molar-refractivity contribution is 9.10. The zero-order valence-electron chi connectivity index (χ0n) is 8.11. The van der Waals surface area contributed by atoms with E-state index in [2.05, 4.69) is 21.0 Å². The third-order valence-electron chi connectivity index (χ3n) is 2.05. The van der Waals surface area contributed by atoms with Crippen molar-refractivity contribution in [2.24, 2.45) is 5.73 Å². The van der Waals surface area contributed by atoms with Gasteiger partial charge in [-0.2, -0.15) is 5.10 Å². The molecule has 0 aliphatic carbocycles. The summed E-state index contributed by atoms with van der Waals surface area (Å²) < 4.78 is 2.48. The summed E-state index contributed by atoms with van der Waals surface area (Å²) in [5.74, 6) is -0.00544. The molecule has 2 rings (SSSR count). The first-order chi connectivity index (χ1) is 7.58. The van der Waals surface area contributed by atoms with Gasteiger partial charge in [0, 0.05) is 16.2 Å². The van der Waals surface area contributed by atoms with Gasteiger partial charge in [0.25, 0.3) is 0 Å². The van der Waals surface area contributed by atoms with E-state index in [4.69, 9.17) is 22.7 Å². The zero-order valence-corrected chi connectivity index (χ0v) is 10.5. The maximum absolute atomic E-state index is 7.49. The minimum Gasteiger partial charge on any atom is -0.384 e. The molecule has 0 radical (unpaired) electrons. The lowest BCUT2D eigenvalue weighted by Gasteiger charge is -2.08. The Morgan fingerprint density at radius 2 is 2.25 bits per heavy atom. The second-order valence-corrected chi connectivity index (χ2v) is 4.53. The van der Waals surface area contributed by atoms with Gasteiger partial charge >= 0.3 is 0 Å². The van der Waals surface area contributed by atoms with Crippen LogP contribution in [0.5, 0.6) is 0 Å². The molecule has 1 aromatic heterocycles. The Morgan fingerprint density at radius 3 is 2.81 bits per heavy atom. The van der Waals surface area contributed by atoms with Gasteiger partial charge in [-0.3, -0.25) is 5.41 Å². The molecule has 0 fully saturated rings. The molecule has 1 heterocycles. The van der Waals surface area contributed by atoms with Gasteiger partial charge in [0.2, 0.25) is 0 Å². The van der Waals surface area contributed by atoms with Gasteiger partial charge in [-0.05, 0) is 18.2 Å². The predicted molar refractivity (Wildman–Crippen MR) is 67.3 cm³/mol. The molecular formula is C10H8BrClN4. The van der Waals surface area contributed by atoms with E-state index in [1.165, 1.54) is 6.20 Å². The summed E-state index contributed by atoms with van der Waals surface area (Å²) in [7, 11) is 0. The fraction of sp³-hybridized carbons (Fsp3) is 0. The Labute approximate surface area is 106 Å². The summed E-state index contributed by atoms with van der Waals surface area (Å²) in [5, 5.41) is 12.1. The normalized spacial score (nSPS) is 10.4. The average molecular weight is 300 g/mol. The van der Waals surface area contributed by atoms with Crippen LogP contribution in [0.25, 0.3) is 5.69 Å². The highest BCUT2D eigenvalue weighted by Gasteiger charge is 2.09. The molecule has 0 saturated carbocycles. The van der Waals surface area contributed by atoms with Crippen molar-refractivity contribution in [3.8, 4) is 5.69 Å². The van der Waals surface area contributed by atoms with Crippen LogP contribution in [0.4, 0.5) is 0 Å². The molecule has 0 spiro atoms. The van der Waals surface area contributed by atoms with E-state index in [0.717, 1.165) is 4.47 Å². The van der Waals surface area contributed by atoms with Crippen molar-refractivity contribution >= 4 is 33.4 Å². The second-order valence-electron chi connectivity index (χ2n) is 3.18. The molecule has 0 atom stereocenters. The number of benzene rings is 1. The van der Waals surface area contributed by atoms with Crippen LogP contribution in [0, 0.1) is 5.41 Å². The van der Waals surface area contributed by atoms with Gasteiger partial charge in [0.1, 0.15) is 5.84 Å². The van der Waals surface area contributed by atoms with Crippen molar-refractivity contribution < 1.29 is 0 Å². The number of hydrogen-bond acceptors (Lipinski definition) is 2. The lowest BCUT2D eigenvalue weighted by atomic mass is 10.1. The van der Waals surface area contributed by atoms with Crippen molar-refractivity contribution in [2.75, 3.05) is 0 Å². The van der Waals surface area contributed by atoms with Crippen molar-refractivity contribution in [1.82, 2.24) is 9.78 Å². The van der Waals surface area contributed by atoms with E-state index in [9.17, 15) is 0 Å². The molecule has 3 N–H and O–H groups in total. The van der Waals surface area contributed by atoms with Crippen molar-refractivity contribution in [3.63, 3.8) is 0 Å². The zero-order chi connectivity index (χ0) is 11.7. The average Bonchev–Trinajstić information content (AvgIpc) is 2.64. The van der Waals surface area contributed by atoms with E-state index < -0.39 is 0 Å². The Kier molecular flexibility index (Phi) is 2.98. The molecule has 0 aliphatic heterocycles. The Balaban J connectivity index is 2.62. The van der Waals surface area contributed by atoms with Crippen LogP contribution in [0.15, 0.2) is 35.1 Å². The molecule has 82 valence electrons. The number of amidine groups is 1. The number of nitrogen functional groups attached to an aromatic ring is 1. The Bertz CT molecular complexity index is 550. The van der Waals surface area contributed by atoms with E-state index in [0.29, 0.717) is 16.3 Å². The fourth-order valence-electron chi connectivity index (χ4n) is 1.35. The van der Waals surface area contributed by atoms with Gasteiger partial charge in [-0.25, -0.2) is 4.68 Å². The number of nitrogens with zero attached hydrogens (tertiary/aromatic N) is 2. The number of halogens is 2. The number of aromatic nitrogens is 2. The molecule has 1 aromatic carbocycles. The van der Waals surface area contributed by atoms with Gasteiger partial charge in [-0.1, -0.05) is 27.5 Å². The molecule has 4 nitrogen and oxygen atoms in total. The Morgan fingerprint density at radius 1 is 1.50 bits per heavy atom.